The lowest BCUT2D eigenvalue weighted by Crippen LogP contribution is -2.29. The van der Waals surface area contributed by atoms with E-state index in [1.54, 1.807) is 0 Å². The Morgan fingerprint density at radius 1 is 0.553 bits per heavy atom. The first-order valence-corrected chi connectivity index (χ1v) is 15.5. The van der Waals surface area contributed by atoms with Gasteiger partial charge in [0.2, 0.25) is 0 Å². The highest BCUT2D eigenvalue weighted by Crippen LogP contribution is 2.37. The van der Waals surface area contributed by atoms with Gasteiger partial charge in [-0.05, 0) is 39.4 Å². The van der Waals surface area contributed by atoms with Crippen molar-refractivity contribution in [1.29, 1.82) is 0 Å². The molecule has 0 bridgehead atoms. The molecule has 4 aromatic carbocycles. The molecule has 0 aliphatic heterocycles. The predicted octanol–water partition coefficient (Wildman–Crippen LogP) is 11.0. The molecule has 0 radical (unpaired) electrons. The van der Waals surface area contributed by atoms with Crippen LogP contribution >= 0.6 is 0 Å². The van der Waals surface area contributed by atoms with Crippen molar-refractivity contribution >= 4 is 44.0 Å². The summed E-state index contributed by atoms with van der Waals surface area (Å²) < 4.78 is 0. The SMILES string of the molecule is CCCCCCCCCCCCCCCCCCNC(=O)Nc1ccc2ccc3cccc4ccc1c2c34. The highest BCUT2D eigenvalue weighted by atomic mass is 16.2. The van der Waals surface area contributed by atoms with Crippen LogP contribution in [0, 0.1) is 0 Å². The fourth-order valence-corrected chi connectivity index (χ4v) is 5.89. The molecule has 3 nitrogen and oxygen atoms in total. The second-order valence-corrected chi connectivity index (χ2v) is 11.2. The molecule has 0 heterocycles. The van der Waals surface area contributed by atoms with Crippen LogP contribution in [0.5, 0.6) is 0 Å². The average molecular weight is 513 g/mol. The van der Waals surface area contributed by atoms with Gasteiger partial charge < -0.3 is 10.6 Å². The van der Waals surface area contributed by atoms with Crippen LogP contribution in [0.1, 0.15) is 110 Å². The molecule has 3 heteroatoms. The maximum Gasteiger partial charge on any atom is 0.319 e. The van der Waals surface area contributed by atoms with Crippen LogP contribution in [-0.4, -0.2) is 12.6 Å². The fraction of sp³-hybridized carbons (Fsp3) is 0.514. The van der Waals surface area contributed by atoms with Crippen LogP contribution in [-0.2, 0) is 0 Å². The van der Waals surface area contributed by atoms with Crippen LogP contribution in [0.4, 0.5) is 10.5 Å². The van der Waals surface area contributed by atoms with Crippen molar-refractivity contribution in [2.75, 3.05) is 11.9 Å². The summed E-state index contributed by atoms with van der Waals surface area (Å²) in [7, 11) is 0. The lowest BCUT2D eigenvalue weighted by molar-refractivity contribution is 0.252. The van der Waals surface area contributed by atoms with Crippen LogP contribution < -0.4 is 10.6 Å². The lowest BCUT2D eigenvalue weighted by Gasteiger charge is -2.15. The van der Waals surface area contributed by atoms with Gasteiger partial charge in [-0.3, -0.25) is 0 Å². The summed E-state index contributed by atoms with van der Waals surface area (Å²) in [6.45, 7) is 3.02. The summed E-state index contributed by atoms with van der Waals surface area (Å²) in [5.74, 6) is 0. The summed E-state index contributed by atoms with van der Waals surface area (Å²) in [6.07, 6.45) is 21.8. The molecule has 0 unspecified atom stereocenters. The topological polar surface area (TPSA) is 41.1 Å². The third-order valence-electron chi connectivity index (χ3n) is 8.09. The Balaban J connectivity index is 1.06. The summed E-state index contributed by atoms with van der Waals surface area (Å²) in [6, 6.07) is 19.1. The highest BCUT2D eigenvalue weighted by molar-refractivity contribution is 6.25. The van der Waals surface area contributed by atoms with Crippen molar-refractivity contribution in [2.24, 2.45) is 0 Å². The standard InChI is InChI=1S/C35H48N2O/c1-2-3-4-5-6-7-8-9-10-11-12-13-14-15-16-17-27-36-35(38)37-32-26-24-30-22-21-28-19-18-20-29-23-25-31(32)34(30)33(28)29/h18-26H,2-17,27H2,1H3,(H2,36,37,38). The Labute approximate surface area is 230 Å². The van der Waals surface area contributed by atoms with Gasteiger partial charge in [0.1, 0.15) is 0 Å². The summed E-state index contributed by atoms with van der Waals surface area (Å²) in [4.78, 5) is 12.6. The number of hydrogen-bond donors (Lipinski definition) is 2. The quantitative estimate of drug-likeness (QED) is 0.101. The first-order chi connectivity index (χ1) is 18.8. The number of unbranched alkanes of at least 4 members (excludes halogenated alkanes) is 15. The zero-order valence-corrected chi connectivity index (χ0v) is 23.6. The van der Waals surface area contributed by atoms with E-state index >= 15 is 0 Å². The number of anilines is 1. The minimum atomic E-state index is -0.110. The molecule has 38 heavy (non-hydrogen) atoms. The number of carbonyl (C=O) groups is 1. The summed E-state index contributed by atoms with van der Waals surface area (Å²) >= 11 is 0. The fourth-order valence-electron chi connectivity index (χ4n) is 5.89. The molecule has 0 aliphatic carbocycles. The smallest absolute Gasteiger partial charge is 0.319 e. The van der Waals surface area contributed by atoms with Gasteiger partial charge in [-0.25, -0.2) is 4.79 Å². The van der Waals surface area contributed by atoms with Crippen molar-refractivity contribution in [3.8, 4) is 0 Å². The molecule has 4 aromatic rings. The van der Waals surface area contributed by atoms with E-state index in [0.29, 0.717) is 0 Å². The van der Waals surface area contributed by atoms with Gasteiger partial charge in [0.25, 0.3) is 0 Å². The van der Waals surface area contributed by atoms with E-state index in [4.69, 9.17) is 0 Å². The third-order valence-corrected chi connectivity index (χ3v) is 8.09. The van der Waals surface area contributed by atoms with Crippen LogP contribution in [0.2, 0.25) is 0 Å². The van der Waals surface area contributed by atoms with Gasteiger partial charge in [0.15, 0.2) is 0 Å². The van der Waals surface area contributed by atoms with Crippen molar-refractivity contribution < 1.29 is 4.79 Å². The summed E-state index contributed by atoms with van der Waals surface area (Å²) in [5.41, 5.74) is 0.875. The van der Waals surface area contributed by atoms with Gasteiger partial charge in [-0.1, -0.05) is 152 Å². The Morgan fingerprint density at radius 2 is 1.03 bits per heavy atom. The number of rotatable bonds is 18. The van der Waals surface area contributed by atoms with E-state index in [2.05, 4.69) is 66.1 Å². The van der Waals surface area contributed by atoms with Crippen molar-refractivity contribution in [2.45, 2.75) is 110 Å². The molecule has 0 spiro atoms. The van der Waals surface area contributed by atoms with Crippen LogP contribution in [0.3, 0.4) is 0 Å². The molecular weight excluding hydrogens is 464 g/mol. The largest absolute Gasteiger partial charge is 0.338 e. The molecule has 0 aliphatic rings. The Kier molecular flexibility index (Phi) is 11.6. The van der Waals surface area contributed by atoms with Gasteiger partial charge in [0.05, 0.1) is 5.69 Å². The van der Waals surface area contributed by atoms with Crippen LogP contribution in [0.25, 0.3) is 32.3 Å². The van der Waals surface area contributed by atoms with E-state index in [-0.39, 0.29) is 6.03 Å². The van der Waals surface area contributed by atoms with E-state index in [9.17, 15) is 4.79 Å². The monoisotopic (exact) mass is 512 g/mol. The van der Waals surface area contributed by atoms with Gasteiger partial charge >= 0.3 is 6.03 Å². The van der Waals surface area contributed by atoms with Gasteiger partial charge in [-0.15, -0.1) is 0 Å². The molecule has 0 aromatic heterocycles. The zero-order chi connectivity index (χ0) is 26.4. The Hall–Kier alpha value is -2.81. The number of carbonyl (C=O) groups excluding carboxylic acids is 1. The molecule has 204 valence electrons. The number of urea groups is 1. The number of hydrogen-bond acceptors (Lipinski definition) is 1. The molecule has 2 amide bonds. The second kappa shape index (κ2) is 15.6. The molecule has 0 atom stereocenters. The second-order valence-electron chi connectivity index (χ2n) is 11.2. The van der Waals surface area contributed by atoms with Crippen molar-refractivity contribution in [3.05, 3.63) is 54.6 Å². The number of amides is 2. The maximum atomic E-state index is 12.6. The molecular formula is C35H48N2O. The van der Waals surface area contributed by atoms with E-state index < -0.39 is 0 Å². The molecule has 4 rings (SSSR count). The molecule has 2 N–H and O–H groups in total. The Bertz CT molecular complexity index is 1230. The summed E-state index contributed by atoms with van der Waals surface area (Å²) in [5, 5.41) is 13.5. The predicted molar refractivity (Wildman–Crippen MR) is 167 cm³/mol. The van der Waals surface area contributed by atoms with E-state index in [1.807, 2.05) is 6.07 Å². The van der Waals surface area contributed by atoms with E-state index in [1.165, 1.54) is 123 Å². The molecule has 0 fully saturated rings. The Morgan fingerprint density at radius 3 is 1.61 bits per heavy atom. The maximum absolute atomic E-state index is 12.6. The average Bonchev–Trinajstić information content (AvgIpc) is 2.94. The molecule has 0 saturated heterocycles. The highest BCUT2D eigenvalue weighted by Gasteiger charge is 2.12. The number of nitrogens with one attached hydrogen (secondary N) is 2. The molecule has 0 saturated carbocycles. The van der Waals surface area contributed by atoms with Crippen LogP contribution in [0.15, 0.2) is 54.6 Å². The third kappa shape index (κ3) is 8.09. The zero-order valence-electron chi connectivity index (χ0n) is 23.6. The first kappa shape index (κ1) is 28.2. The first-order valence-electron chi connectivity index (χ1n) is 15.5. The van der Waals surface area contributed by atoms with Crippen molar-refractivity contribution in [1.82, 2.24) is 5.32 Å². The van der Waals surface area contributed by atoms with E-state index in [0.717, 1.165) is 24.0 Å². The minimum absolute atomic E-state index is 0.110. The van der Waals surface area contributed by atoms with Gasteiger partial charge in [0, 0.05) is 11.9 Å². The van der Waals surface area contributed by atoms with Crippen molar-refractivity contribution in [3.63, 3.8) is 0 Å². The number of benzene rings is 4. The lowest BCUT2D eigenvalue weighted by atomic mass is 9.93. The normalized spacial score (nSPS) is 11.6. The minimum Gasteiger partial charge on any atom is -0.338 e. The van der Waals surface area contributed by atoms with Gasteiger partial charge in [-0.2, -0.15) is 0 Å².